The number of hydrogen-bond acceptors (Lipinski definition) is 5. The number of para-hydroxylation sites is 1. The number of hydrogen-bond donors (Lipinski definition) is 0. The van der Waals surface area contributed by atoms with Gasteiger partial charge in [0.15, 0.2) is 11.5 Å². The van der Waals surface area contributed by atoms with Crippen molar-refractivity contribution in [3.8, 4) is 11.4 Å². The fourth-order valence-corrected chi connectivity index (χ4v) is 2.90. The Kier molecular flexibility index (Phi) is 4.18. The molecule has 0 aliphatic rings. The molecule has 0 aliphatic carbocycles. The number of benzene rings is 1. The van der Waals surface area contributed by atoms with Crippen molar-refractivity contribution in [3.63, 3.8) is 0 Å². The van der Waals surface area contributed by atoms with Gasteiger partial charge in [0.2, 0.25) is 0 Å². The zero-order chi connectivity index (χ0) is 12.8. The van der Waals surface area contributed by atoms with E-state index < -0.39 is 0 Å². The van der Waals surface area contributed by atoms with Crippen LogP contribution in [0, 0.1) is 0 Å². The van der Waals surface area contributed by atoms with Crippen molar-refractivity contribution in [1.29, 1.82) is 0 Å². The van der Waals surface area contributed by atoms with Crippen LogP contribution in [0.5, 0.6) is 0 Å². The summed E-state index contributed by atoms with van der Waals surface area (Å²) in [6.45, 7) is 0. The second kappa shape index (κ2) is 5.76. The molecule has 4 aromatic rings. The van der Waals surface area contributed by atoms with Crippen molar-refractivity contribution in [1.82, 2.24) is 19.6 Å². The molecule has 0 bridgehead atoms. The molecule has 0 atom stereocenters. The molecule has 0 radical (unpaired) electrons. The van der Waals surface area contributed by atoms with E-state index in [1.807, 2.05) is 41.1 Å². The van der Waals surface area contributed by atoms with Gasteiger partial charge in [0.25, 0.3) is 0 Å². The summed E-state index contributed by atoms with van der Waals surface area (Å²) in [6.07, 6.45) is 0. The SMILES string of the molecule is [K+].[S-]c1nc2ccccc2c2nc(-c3ccsc3)nn12. The summed E-state index contributed by atoms with van der Waals surface area (Å²) in [6, 6.07) is 9.82. The summed E-state index contributed by atoms with van der Waals surface area (Å²) in [4.78, 5) is 8.97. The Hall–Kier alpha value is -0.414. The first-order chi connectivity index (χ1) is 9.33. The zero-order valence-corrected chi connectivity index (χ0v) is 15.4. The average molecular weight is 322 g/mol. The maximum Gasteiger partial charge on any atom is 1.00 e. The monoisotopic (exact) mass is 322 g/mol. The molecule has 0 saturated carbocycles. The molecule has 0 saturated heterocycles. The fraction of sp³-hybridized carbons (Fsp3) is 0. The van der Waals surface area contributed by atoms with Gasteiger partial charge < -0.3 is 12.6 Å². The van der Waals surface area contributed by atoms with Crippen LogP contribution in [0.3, 0.4) is 0 Å². The standard InChI is InChI=1S/C13H8N4S2.K/c18-13-14-10-4-2-1-3-9(10)12-15-11(16-17(12)13)8-5-6-19-7-8;/h1-7H,(H,14,18);/q;+1/p-1. The van der Waals surface area contributed by atoms with E-state index in [0.29, 0.717) is 11.0 Å². The fourth-order valence-electron chi connectivity index (χ4n) is 2.04. The largest absolute Gasteiger partial charge is 1.00 e. The molecule has 4 nitrogen and oxygen atoms in total. The van der Waals surface area contributed by atoms with Crippen LogP contribution < -0.4 is 51.4 Å². The van der Waals surface area contributed by atoms with Gasteiger partial charge in [-0.2, -0.15) is 11.3 Å². The van der Waals surface area contributed by atoms with Crippen LogP contribution in [0.1, 0.15) is 0 Å². The third kappa shape index (κ3) is 2.33. The Labute approximate surface area is 167 Å². The van der Waals surface area contributed by atoms with E-state index in [2.05, 4.69) is 15.1 Å². The van der Waals surface area contributed by atoms with Gasteiger partial charge in [0, 0.05) is 21.5 Å². The predicted molar refractivity (Wildman–Crippen MR) is 77.2 cm³/mol. The van der Waals surface area contributed by atoms with E-state index in [-0.39, 0.29) is 51.4 Å². The Balaban J connectivity index is 0.00000121. The maximum absolute atomic E-state index is 5.28. The van der Waals surface area contributed by atoms with Crippen LogP contribution in [-0.4, -0.2) is 19.6 Å². The molecular weight excluding hydrogens is 315 g/mol. The normalized spacial score (nSPS) is 10.8. The van der Waals surface area contributed by atoms with Crippen molar-refractivity contribution in [2.45, 2.75) is 5.16 Å². The van der Waals surface area contributed by atoms with Crippen molar-refractivity contribution < 1.29 is 51.4 Å². The van der Waals surface area contributed by atoms with Gasteiger partial charge in [0.05, 0.1) is 5.52 Å². The van der Waals surface area contributed by atoms with Gasteiger partial charge in [-0.3, -0.25) is 4.98 Å². The average Bonchev–Trinajstić information content (AvgIpc) is 3.08. The Bertz CT molecular complexity index is 886. The van der Waals surface area contributed by atoms with E-state index in [9.17, 15) is 0 Å². The molecule has 0 N–H and O–H groups in total. The molecule has 20 heavy (non-hydrogen) atoms. The zero-order valence-electron chi connectivity index (χ0n) is 10.6. The van der Waals surface area contributed by atoms with Crippen molar-refractivity contribution in [2.24, 2.45) is 0 Å². The van der Waals surface area contributed by atoms with Gasteiger partial charge in [0.1, 0.15) is 0 Å². The summed E-state index contributed by atoms with van der Waals surface area (Å²) in [5.41, 5.74) is 2.62. The van der Waals surface area contributed by atoms with E-state index in [1.165, 1.54) is 0 Å². The van der Waals surface area contributed by atoms with E-state index in [1.54, 1.807) is 15.9 Å². The number of fused-ring (bicyclic) bond motifs is 3. The summed E-state index contributed by atoms with van der Waals surface area (Å²) in [5.74, 6) is 0.686. The third-order valence-electron chi connectivity index (χ3n) is 2.93. The van der Waals surface area contributed by atoms with Crippen molar-refractivity contribution >= 4 is 40.5 Å². The first kappa shape index (κ1) is 14.5. The molecule has 3 aromatic heterocycles. The summed E-state index contributed by atoms with van der Waals surface area (Å²) in [7, 11) is 0. The molecule has 0 fully saturated rings. The molecular formula is C13H7KN4S2. The molecule has 0 unspecified atom stereocenters. The maximum atomic E-state index is 5.28. The van der Waals surface area contributed by atoms with Gasteiger partial charge in [-0.1, -0.05) is 12.1 Å². The van der Waals surface area contributed by atoms with Gasteiger partial charge >= 0.3 is 51.4 Å². The Morgan fingerprint density at radius 3 is 2.75 bits per heavy atom. The summed E-state index contributed by atoms with van der Waals surface area (Å²) < 4.78 is 1.63. The van der Waals surface area contributed by atoms with Gasteiger partial charge in [-0.25, -0.2) is 9.50 Å². The van der Waals surface area contributed by atoms with Crippen LogP contribution >= 0.6 is 11.3 Å². The van der Waals surface area contributed by atoms with Crippen LogP contribution in [0.25, 0.3) is 27.9 Å². The van der Waals surface area contributed by atoms with Gasteiger partial charge in [-0.05, 0) is 23.6 Å². The predicted octanol–water partition coefficient (Wildman–Crippen LogP) is -0.0842. The van der Waals surface area contributed by atoms with E-state index in [4.69, 9.17) is 12.6 Å². The number of nitrogens with zero attached hydrogens (tertiary/aromatic N) is 4. The first-order valence-corrected chi connectivity index (χ1v) is 7.03. The quantitative estimate of drug-likeness (QED) is 0.279. The molecule has 1 aromatic carbocycles. The smallest absolute Gasteiger partial charge is 0.740 e. The Morgan fingerprint density at radius 2 is 1.95 bits per heavy atom. The molecule has 7 heteroatoms. The number of rotatable bonds is 1. The molecule has 0 spiro atoms. The molecule has 3 heterocycles. The Morgan fingerprint density at radius 1 is 1.10 bits per heavy atom. The van der Waals surface area contributed by atoms with E-state index in [0.717, 1.165) is 22.1 Å². The second-order valence-electron chi connectivity index (χ2n) is 4.09. The van der Waals surface area contributed by atoms with Crippen LogP contribution in [0.4, 0.5) is 0 Å². The first-order valence-electron chi connectivity index (χ1n) is 5.68. The van der Waals surface area contributed by atoms with Crippen LogP contribution in [0.15, 0.2) is 46.2 Å². The summed E-state index contributed by atoms with van der Waals surface area (Å²) in [5, 5.41) is 9.87. The number of aromatic nitrogens is 4. The van der Waals surface area contributed by atoms with Crippen LogP contribution in [-0.2, 0) is 12.6 Å². The number of thiophene rings is 1. The van der Waals surface area contributed by atoms with Crippen molar-refractivity contribution in [2.75, 3.05) is 0 Å². The minimum atomic E-state index is 0. The van der Waals surface area contributed by atoms with Crippen LogP contribution in [0.2, 0.25) is 0 Å². The van der Waals surface area contributed by atoms with Crippen molar-refractivity contribution in [3.05, 3.63) is 41.1 Å². The topological polar surface area (TPSA) is 43.1 Å². The second-order valence-corrected chi connectivity index (χ2v) is 5.24. The van der Waals surface area contributed by atoms with Gasteiger partial charge in [-0.15, -0.1) is 5.10 Å². The third-order valence-corrected chi connectivity index (χ3v) is 3.88. The molecule has 4 rings (SSSR count). The van der Waals surface area contributed by atoms with E-state index >= 15 is 0 Å². The molecule has 0 aliphatic heterocycles. The molecule has 92 valence electrons. The summed E-state index contributed by atoms with van der Waals surface area (Å²) >= 11 is 6.90. The minimum absolute atomic E-state index is 0. The molecule has 0 amide bonds. The minimum Gasteiger partial charge on any atom is -0.740 e.